The van der Waals surface area contributed by atoms with Crippen LogP contribution in [0.25, 0.3) is 11.2 Å². The molecule has 0 saturated heterocycles. The Balaban J connectivity index is 1.23. The fourth-order valence-electron chi connectivity index (χ4n) is 7.32. The van der Waals surface area contributed by atoms with Gasteiger partial charge in [-0.25, -0.2) is 4.98 Å². The van der Waals surface area contributed by atoms with Crippen molar-refractivity contribution in [2.75, 3.05) is 32.6 Å². The average Bonchev–Trinajstić information content (AvgIpc) is 3.56. The van der Waals surface area contributed by atoms with Crippen molar-refractivity contribution >= 4 is 22.9 Å². The molecule has 0 spiro atoms. The van der Waals surface area contributed by atoms with Gasteiger partial charge in [-0.15, -0.1) is 0 Å². The summed E-state index contributed by atoms with van der Waals surface area (Å²) in [4.78, 5) is 26.6. The number of ether oxygens (including phenoxy) is 2. The minimum atomic E-state index is -1.18. The van der Waals surface area contributed by atoms with Crippen LogP contribution in [0.4, 0.5) is 5.82 Å². The zero-order valence-corrected chi connectivity index (χ0v) is 24.8. The molecule has 0 unspecified atom stereocenters. The number of phenols is 1. The summed E-state index contributed by atoms with van der Waals surface area (Å²) in [6.07, 6.45) is 8.91. The van der Waals surface area contributed by atoms with Gasteiger partial charge in [0.2, 0.25) is 5.91 Å². The van der Waals surface area contributed by atoms with E-state index in [1.54, 1.807) is 30.1 Å². The third-order valence-electron chi connectivity index (χ3n) is 9.71. The Labute approximate surface area is 250 Å². The monoisotopic (exact) mass is 594 g/mol. The molecule has 3 fully saturated rings. The first-order valence-corrected chi connectivity index (χ1v) is 15.4. The van der Waals surface area contributed by atoms with Crippen LogP contribution in [0.15, 0.2) is 24.5 Å². The average molecular weight is 595 g/mol. The number of methoxy groups -OCH3 is 1. The molecule has 3 aromatic rings. The highest BCUT2D eigenvalue weighted by Gasteiger charge is 2.75. The van der Waals surface area contributed by atoms with Gasteiger partial charge in [0, 0.05) is 19.5 Å². The first kappa shape index (κ1) is 29.4. The Hall–Kier alpha value is -3.64. The van der Waals surface area contributed by atoms with Crippen molar-refractivity contribution in [2.24, 2.45) is 17.3 Å². The van der Waals surface area contributed by atoms with Gasteiger partial charge in [-0.1, -0.05) is 38.2 Å². The Kier molecular flexibility index (Phi) is 8.32. The fourth-order valence-corrected chi connectivity index (χ4v) is 7.32. The van der Waals surface area contributed by atoms with E-state index in [1.165, 1.54) is 39.2 Å². The minimum Gasteiger partial charge on any atom is -0.504 e. The van der Waals surface area contributed by atoms with E-state index in [1.807, 2.05) is 6.07 Å². The van der Waals surface area contributed by atoms with Gasteiger partial charge in [0.1, 0.15) is 6.10 Å². The van der Waals surface area contributed by atoms with Crippen LogP contribution in [-0.2, 0) is 11.2 Å². The molecule has 3 saturated carbocycles. The third-order valence-corrected chi connectivity index (χ3v) is 9.71. The molecule has 2 heterocycles. The molecule has 0 bridgehead atoms. The van der Waals surface area contributed by atoms with Gasteiger partial charge in [0.05, 0.1) is 37.6 Å². The number of aromatic nitrogens is 4. The molecule has 6 rings (SSSR count). The maximum Gasteiger partial charge on any atom is 0.320 e. The van der Waals surface area contributed by atoms with Crippen molar-refractivity contribution in [3.05, 3.63) is 30.1 Å². The molecular formula is C31H42N6O6. The molecule has 1 aromatic carbocycles. The molecule has 0 radical (unpaired) electrons. The molecule has 5 N–H and O–H groups in total. The van der Waals surface area contributed by atoms with Crippen LogP contribution >= 0.6 is 0 Å². The standard InChI is InChI=1S/C31H42N6O6/c1-32-29(41)31-16-20(31)24(25(39)26(31)40)37-17-34-23-27(33-13-12-19-10-11-22(42-2)21(38)15-19)35-30(36-28(23)37)43-14-6-9-18-7-4-3-5-8-18/h10-11,15,17-18,20,24-26,38-40H,3-9,12-14,16H2,1-2H3,(H,32,41)(H,33,35,36)/t20-,24-,25+,26+,31+/m1/s1. The lowest BCUT2D eigenvalue weighted by atomic mass is 9.86. The summed E-state index contributed by atoms with van der Waals surface area (Å²) in [6, 6.07) is 4.94. The number of hydrogen-bond acceptors (Lipinski definition) is 10. The van der Waals surface area contributed by atoms with E-state index < -0.39 is 23.7 Å². The van der Waals surface area contributed by atoms with Gasteiger partial charge < -0.3 is 40.0 Å². The number of carbonyl (C=O) groups excluding carboxylic acids is 1. The van der Waals surface area contributed by atoms with E-state index in [0.717, 1.165) is 24.3 Å². The number of aliphatic hydroxyl groups excluding tert-OH is 2. The van der Waals surface area contributed by atoms with Crippen LogP contribution in [0.3, 0.4) is 0 Å². The summed E-state index contributed by atoms with van der Waals surface area (Å²) in [5.41, 5.74) is 0.888. The number of benzene rings is 1. The molecule has 0 aliphatic heterocycles. The highest BCUT2D eigenvalue weighted by Crippen LogP contribution is 2.67. The number of aromatic hydroxyl groups is 1. The molecule has 2 aromatic heterocycles. The quantitative estimate of drug-likeness (QED) is 0.197. The summed E-state index contributed by atoms with van der Waals surface area (Å²) < 4.78 is 13.0. The van der Waals surface area contributed by atoms with Crippen LogP contribution < -0.4 is 20.1 Å². The van der Waals surface area contributed by atoms with Crippen LogP contribution in [0, 0.1) is 17.3 Å². The summed E-state index contributed by atoms with van der Waals surface area (Å²) in [5, 5.41) is 38.1. The Morgan fingerprint density at radius 1 is 1.19 bits per heavy atom. The molecule has 43 heavy (non-hydrogen) atoms. The van der Waals surface area contributed by atoms with Crippen molar-refractivity contribution in [3.63, 3.8) is 0 Å². The van der Waals surface area contributed by atoms with Gasteiger partial charge in [-0.05, 0) is 49.3 Å². The number of amides is 1. The maximum atomic E-state index is 12.7. The Bertz CT molecular complexity index is 1460. The Morgan fingerprint density at radius 3 is 2.74 bits per heavy atom. The first-order chi connectivity index (χ1) is 20.9. The van der Waals surface area contributed by atoms with E-state index in [9.17, 15) is 20.1 Å². The number of rotatable bonds is 12. The summed E-state index contributed by atoms with van der Waals surface area (Å²) >= 11 is 0. The number of fused-ring (bicyclic) bond motifs is 2. The molecule has 12 heteroatoms. The molecular weight excluding hydrogens is 552 g/mol. The van der Waals surface area contributed by atoms with Crippen LogP contribution in [-0.4, -0.2) is 80.3 Å². The SMILES string of the molecule is CNC(=O)[C@@]12C[C@@H]1[C@@H](n1cnc3c(NCCc4ccc(OC)c(O)c4)nc(OCCCC4CCCCC4)nc31)[C@H](O)[C@@H]2O. The molecule has 3 aliphatic rings. The van der Waals surface area contributed by atoms with Crippen molar-refractivity contribution in [1.82, 2.24) is 24.8 Å². The van der Waals surface area contributed by atoms with E-state index in [0.29, 0.717) is 48.7 Å². The summed E-state index contributed by atoms with van der Waals surface area (Å²) in [7, 11) is 3.06. The largest absolute Gasteiger partial charge is 0.504 e. The normalized spacial score (nSPS) is 26.7. The number of anilines is 1. The Morgan fingerprint density at radius 2 is 2.00 bits per heavy atom. The smallest absolute Gasteiger partial charge is 0.320 e. The molecule has 3 aliphatic carbocycles. The van der Waals surface area contributed by atoms with E-state index >= 15 is 0 Å². The predicted octanol–water partition coefficient (Wildman–Crippen LogP) is 2.96. The van der Waals surface area contributed by atoms with Gasteiger partial charge in [0.25, 0.3) is 0 Å². The van der Waals surface area contributed by atoms with Crippen LogP contribution in [0.2, 0.25) is 0 Å². The highest BCUT2D eigenvalue weighted by molar-refractivity contribution is 5.88. The topological polar surface area (TPSA) is 164 Å². The molecule has 12 nitrogen and oxygen atoms in total. The van der Waals surface area contributed by atoms with Crippen LogP contribution in [0.5, 0.6) is 17.5 Å². The van der Waals surface area contributed by atoms with Gasteiger partial charge in [-0.2, -0.15) is 9.97 Å². The van der Waals surface area contributed by atoms with Crippen molar-refractivity contribution in [3.8, 4) is 17.5 Å². The van der Waals surface area contributed by atoms with Gasteiger partial charge in [-0.3, -0.25) is 4.79 Å². The van der Waals surface area contributed by atoms with E-state index in [-0.39, 0.29) is 23.6 Å². The van der Waals surface area contributed by atoms with Gasteiger partial charge >= 0.3 is 6.01 Å². The second kappa shape index (κ2) is 12.2. The summed E-state index contributed by atoms with van der Waals surface area (Å²) in [6.45, 7) is 0.993. The van der Waals surface area contributed by atoms with Crippen molar-refractivity contribution in [2.45, 2.75) is 76.0 Å². The van der Waals surface area contributed by atoms with Crippen LogP contribution in [0.1, 0.15) is 63.0 Å². The highest BCUT2D eigenvalue weighted by atomic mass is 16.5. The number of phenolic OH excluding ortho intramolecular Hbond substituents is 1. The fraction of sp³-hybridized carbons (Fsp3) is 0.613. The molecule has 232 valence electrons. The number of nitrogens with one attached hydrogen (secondary N) is 2. The molecule has 1 amide bonds. The maximum absolute atomic E-state index is 12.7. The zero-order chi connectivity index (χ0) is 30.1. The van der Waals surface area contributed by atoms with Crippen molar-refractivity contribution in [1.29, 1.82) is 0 Å². The number of nitrogens with zero attached hydrogens (tertiary/aromatic N) is 4. The lowest BCUT2D eigenvalue weighted by Crippen LogP contribution is -2.41. The number of imidazole rings is 1. The van der Waals surface area contributed by atoms with Gasteiger partial charge in [0.15, 0.2) is 28.5 Å². The lowest BCUT2D eigenvalue weighted by molar-refractivity contribution is -0.132. The van der Waals surface area contributed by atoms with E-state index in [2.05, 4.69) is 20.6 Å². The second-order valence-electron chi connectivity index (χ2n) is 12.2. The first-order valence-electron chi connectivity index (χ1n) is 15.4. The number of carbonyl (C=O) groups is 1. The van der Waals surface area contributed by atoms with E-state index in [4.69, 9.17) is 14.5 Å². The minimum absolute atomic E-state index is 0.0808. The number of hydrogen-bond donors (Lipinski definition) is 5. The lowest BCUT2D eigenvalue weighted by Gasteiger charge is -2.23. The number of aliphatic hydroxyl groups is 2. The second-order valence-corrected chi connectivity index (χ2v) is 12.2. The third kappa shape index (κ3) is 5.46. The summed E-state index contributed by atoms with van der Waals surface area (Å²) in [5.74, 6) is 1.23. The van der Waals surface area contributed by atoms with Crippen molar-refractivity contribution < 1.29 is 29.6 Å². The predicted molar refractivity (Wildman–Crippen MR) is 159 cm³/mol. The molecule has 5 atom stereocenters. The zero-order valence-electron chi connectivity index (χ0n) is 24.8.